The van der Waals surface area contributed by atoms with Crippen LogP contribution in [0.15, 0.2) is 42.5 Å². The fraction of sp³-hybridized carbons (Fsp3) is 0.578. The number of para-hydroxylation sites is 1. The second-order valence-electron chi connectivity index (χ2n) is 17.7. The number of Topliss-reactive ketones (excluding diaryl/α,β-unsaturated/α-hetero) is 1. The third kappa shape index (κ3) is 6.74. The number of aromatic nitrogens is 1. The molecule has 0 saturated heterocycles. The monoisotopic (exact) mass is 754 g/mol. The second kappa shape index (κ2) is 14.5. The molecule has 4 fully saturated rings. The topological polar surface area (TPSA) is 140 Å². The molecule has 9 heteroatoms. The van der Waals surface area contributed by atoms with Crippen LogP contribution in [0.25, 0.3) is 10.9 Å². The number of aliphatic hydroxyl groups is 3. The average molecular weight is 755 g/mol. The maximum Gasteiger partial charge on any atom is 0.303 e. The molecule has 1 aromatic heterocycles. The van der Waals surface area contributed by atoms with Gasteiger partial charge in [-0.25, -0.2) is 0 Å². The molecular formula is C45H55ClN2O6. The van der Waals surface area contributed by atoms with Crippen LogP contribution in [0.3, 0.4) is 0 Å². The van der Waals surface area contributed by atoms with Crippen LogP contribution in [0.1, 0.15) is 113 Å². The van der Waals surface area contributed by atoms with Crippen molar-refractivity contribution in [1.29, 1.82) is 0 Å². The molecular weight excluding hydrogens is 700 g/mol. The lowest BCUT2D eigenvalue weighted by atomic mass is 9.42. The lowest BCUT2D eigenvalue weighted by Crippen LogP contribution is -2.63. The number of nitrogens with one attached hydrogen (secondary N) is 1. The molecule has 0 bridgehead atoms. The number of nitrogens with zero attached hydrogens (tertiary/aromatic N) is 1. The van der Waals surface area contributed by atoms with E-state index in [1.54, 1.807) is 6.92 Å². The molecule has 0 amide bonds. The normalized spacial score (nSPS) is 34.9. The Labute approximate surface area is 324 Å². The van der Waals surface area contributed by atoms with Gasteiger partial charge in [0.15, 0.2) is 5.78 Å². The smallest absolute Gasteiger partial charge is 0.303 e. The summed E-state index contributed by atoms with van der Waals surface area (Å²) in [6, 6.07) is 13.4. The van der Waals surface area contributed by atoms with Gasteiger partial charge in [-0.15, -0.1) is 0 Å². The van der Waals surface area contributed by atoms with E-state index in [1.165, 1.54) is 0 Å². The summed E-state index contributed by atoms with van der Waals surface area (Å²) < 4.78 is 0. The third-order valence-electron chi connectivity index (χ3n) is 14.8. The Morgan fingerprint density at radius 2 is 1.83 bits per heavy atom. The van der Waals surface area contributed by atoms with Crippen LogP contribution >= 0.6 is 11.6 Å². The van der Waals surface area contributed by atoms with Gasteiger partial charge in [-0.2, -0.15) is 0 Å². The Bertz CT molecular complexity index is 2020. The van der Waals surface area contributed by atoms with Crippen molar-refractivity contribution < 1.29 is 30.0 Å². The Morgan fingerprint density at radius 1 is 1.07 bits per heavy atom. The van der Waals surface area contributed by atoms with E-state index in [1.807, 2.05) is 49.4 Å². The van der Waals surface area contributed by atoms with Gasteiger partial charge in [0.05, 0.1) is 34.7 Å². The number of pyridine rings is 1. The number of hydrogen-bond acceptors (Lipinski definition) is 7. The van der Waals surface area contributed by atoms with Crippen LogP contribution in [0.4, 0.5) is 5.69 Å². The number of aliphatic carboxylic acids is 1. The number of carboxylic acid groups (broad SMARTS) is 1. The molecule has 288 valence electrons. The van der Waals surface area contributed by atoms with Gasteiger partial charge in [-0.05, 0) is 135 Å². The predicted molar refractivity (Wildman–Crippen MR) is 211 cm³/mol. The van der Waals surface area contributed by atoms with Crippen LogP contribution in [0.5, 0.6) is 0 Å². The fourth-order valence-electron chi connectivity index (χ4n) is 11.9. The van der Waals surface area contributed by atoms with E-state index in [2.05, 4.69) is 42.9 Å². The van der Waals surface area contributed by atoms with E-state index >= 15 is 0 Å². The molecule has 0 spiro atoms. The van der Waals surface area contributed by atoms with Crippen LogP contribution in [-0.4, -0.2) is 55.0 Å². The fourth-order valence-corrected chi connectivity index (χ4v) is 12.1. The summed E-state index contributed by atoms with van der Waals surface area (Å²) >= 11 is 6.79. The van der Waals surface area contributed by atoms with Crippen LogP contribution in [0, 0.1) is 65.1 Å². The molecule has 54 heavy (non-hydrogen) atoms. The van der Waals surface area contributed by atoms with Gasteiger partial charge in [-0.1, -0.05) is 68.5 Å². The lowest BCUT2D eigenvalue weighted by molar-refractivity contribution is -0.211. The Kier molecular flexibility index (Phi) is 10.4. The molecule has 1 heterocycles. The number of benzene rings is 2. The van der Waals surface area contributed by atoms with E-state index in [9.17, 15) is 30.0 Å². The zero-order valence-electron chi connectivity index (χ0n) is 32.2. The van der Waals surface area contributed by atoms with Gasteiger partial charge < -0.3 is 25.7 Å². The quantitative estimate of drug-likeness (QED) is 0.115. The molecule has 4 aliphatic carbocycles. The minimum Gasteiger partial charge on any atom is -0.481 e. The van der Waals surface area contributed by atoms with Crippen molar-refractivity contribution in [3.63, 3.8) is 0 Å². The minimum absolute atomic E-state index is 0.0591. The van der Waals surface area contributed by atoms with Gasteiger partial charge in [0.25, 0.3) is 0 Å². The highest BCUT2D eigenvalue weighted by Crippen LogP contribution is 2.69. The number of aryl methyl sites for hydroxylation is 1. The van der Waals surface area contributed by atoms with Crippen molar-refractivity contribution in [1.82, 2.24) is 4.98 Å². The zero-order valence-corrected chi connectivity index (χ0v) is 32.9. The number of fused-ring (bicyclic) bond motifs is 6. The highest BCUT2D eigenvalue weighted by atomic mass is 35.5. The first kappa shape index (κ1) is 38.8. The first-order valence-corrected chi connectivity index (χ1v) is 20.2. The van der Waals surface area contributed by atoms with Crippen molar-refractivity contribution in [2.45, 2.75) is 117 Å². The summed E-state index contributed by atoms with van der Waals surface area (Å²) in [6.07, 6.45) is 4.59. The van der Waals surface area contributed by atoms with Crippen molar-refractivity contribution >= 4 is 39.9 Å². The maximum atomic E-state index is 12.6. The number of rotatable bonds is 8. The molecule has 7 rings (SSSR count). The molecule has 5 N–H and O–H groups in total. The van der Waals surface area contributed by atoms with Crippen molar-refractivity contribution in [2.24, 2.45) is 46.3 Å². The highest BCUT2D eigenvalue weighted by Gasteiger charge is 2.66. The van der Waals surface area contributed by atoms with Gasteiger partial charge in [0, 0.05) is 28.9 Å². The Hall–Kier alpha value is -3.48. The lowest BCUT2D eigenvalue weighted by Gasteiger charge is -2.64. The first-order chi connectivity index (χ1) is 25.6. The summed E-state index contributed by atoms with van der Waals surface area (Å²) in [6.45, 7) is 10.4. The first-order valence-electron chi connectivity index (χ1n) is 19.8. The van der Waals surface area contributed by atoms with E-state index in [4.69, 9.17) is 11.6 Å². The number of carbonyl (C=O) groups excluding carboxylic acids is 1. The molecule has 3 aromatic rings. The zero-order chi connectivity index (χ0) is 38.7. The molecule has 5 unspecified atom stereocenters. The number of hydrogen-bond donors (Lipinski definition) is 5. The van der Waals surface area contributed by atoms with Gasteiger partial charge in [0.2, 0.25) is 0 Å². The number of anilines is 1. The average Bonchev–Trinajstić information content (AvgIpc) is 3.48. The van der Waals surface area contributed by atoms with E-state index in [0.717, 1.165) is 41.4 Å². The Balaban J connectivity index is 1.05. The minimum atomic E-state index is -1.20. The van der Waals surface area contributed by atoms with Gasteiger partial charge in [0.1, 0.15) is 5.60 Å². The summed E-state index contributed by atoms with van der Waals surface area (Å²) in [4.78, 5) is 28.6. The third-order valence-corrected chi connectivity index (χ3v) is 15.1. The number of carboxylic acids is 1. The highest BCUT2D eigenvalue weighted by molar-refractivity contribution is 6.31. The molecule has 4 aliphatic rings. The second-order valence-corrected chi connectivity index (χ2v) is 18.1. The summed E-state index contributed by atoms with van der Waals surface area (Å²) in [5, 5.41) is 49.8. The van der Waals surface area contributed by atoms with E-state index in [-0.39, 0.29) is 58.5 Å². The number of aliphatic hydroxyl groups excluding tert-OH is 2. The SMILES string of the molecule is CC(=O)c1c(C)nc2ccccc2c1NCc1ccc(C#C[C@@]2(O)CC[C@@]3(C)C(C[C@@H](O)C4C3C[C@H](O)[C@@]3(C)C4CC[C@@H]3C(C)CCC(=O)O)C2)cc1Cl. The van der Waals surface area contributed by atoms with Crippen molar-refractivity contribution in [2.75, 3.05) is 5.32 Å². The molecule has 0 radical (unpaired) electrons. The van der Waals surface area contributed by atoms with Crippen molar-refractivity contribution in [3.05, 3.63) is 69.9 Å². The van der Waals surface area contributed by atoms with Gasteiger partial charge >= 0.3 is 5.97 Å². The van der Waals surface area contributed by atoms with E-state index < -0.39 is 23.8 Å². The van der Waals surface area contributed by atoms with Crippen LogP contribution in [-0.2, 0) is 11.3 Å². The molecule has 4 saturated carbocycles. The van der Waals surface area contributed by atoms with Crippen LogP contribution < -0.4 is 5.32 Å². The van der Waals surface area contributed by atoms with Crippen LogP contribution in [0.2, 0.25) is 5.02 Å². The number of carbonyl (C=O) groups is 2. The van der Waals surface area contributed by atoms with E-state index in [0.29, 0.717) is 60.5 Å². The summed E-state index contributed by atoms with van der Waals surface area (Å²) in [5.41, 5.74) is 2.66. The molecule has 11 atom stereocenters. The predicted octanol–water partition coefficient (Wildman–Crippen LogP) is 8.20. The van der Waals surface area contributed by atoms with Crippen molar-refractivity contribution in [3.8, 4) is 11.8 Å². The largest absolute Gasteiger partial charge is 0.481 e. The molecule has 2 aromatic carbocycles. The molecule has 0 aliphatic heterocycles. The van der Waals surface area contributed by atoms with Gasteiger partial charge in [-0.3, -0.25) is 14.6 Å². The summed E-state index contributed by atoms with van der Waals surface area (Å²) in [7, 11) is 0. The summed E-state index contributed by atoms with van der Waals surface area (Å²) in [5.74, 6) is 6.47. The Morgan fingerprint density at radius 3 is 2.56 bits per heavy atom. The number of ketones is 1. The number of halogens is 1. The maximum absolute atomic E-state index is 12.6. The standard InChI is InChI=1S/C45H55ClN2O6/c1-25(10-15-39(52)53)32-13-14-33-41-34(22-38(51)44(32,33)5)43(4)18-19-45(54,23-30(43)21-37(41)50)17-16-28-11-12-29(35(46)20-28)24-47-42-31-8-6-7-9-36(31)48-26(2)40(42)27(3)49/h6-9,11-12,20,25,30,32-34,37-38,41,50-51,54H,10,13-15,18-19,21-24H2,1-5H3,(H,47,48)(H,52,53)/t25?,30?,32-,33?,34?,37-,38+,41?,43+,44-,45-/m1/s1. The molecule has 8 nitrogen and oxygen atoms in total.